The minimum absolute atomic E-state index is 0.0543. The van der Waals surface area contributed by atoms with E-state index in [4.69, 9.17) is 23.2 Å². The van der Waals surface area contributed by atoms with Crippen molar-refractivity contribution in [3.63, 3.8) is 0 Å². The standard InChI is InChI=1S/C23H30Cl2FN3O3/c24-18-5-3-17(15-19(18)25)4-6-22(31)29-12-8-23(32)28(13-14-29)10-2-1-9-27-11-7-21(30)20(26)16-27/h3-6,15,20-21,30H,1-2,7-14,16H2/b6-4+. The molecule has 0 bridgehead atoms. The van der Waals surface area contributed by atoms with E-state index in [1.165, 1.54) is 6.08 Å². The maximum atomic E-state index is 13.6. The fraction of sp³-hybridized carbons (Fsp3) is 0.565. The molecule has 1 aromatic carbocycles. The van der Waals surface area contributed by atoms with Crippen LogP contribution < -0.4 is 0 Å². The lowest BCUT2D eigenvalue weighted by atomic mass is 10.1. The maximum Gasteiger partial charge on any atom is 0.246 e. The van der Waals surface area contributed by atoms with Crippen LogP contribution in [0, 0.1) is 0 Å². The molecule has 2 heterocycles. The number of hydrogen-bond donors (Lipinski definition) is 1. The van der Waals surface area contributed by atoms with Crippen LogP contribution in [0.25, 0.3) is 6.08 Å². The topological polar surface area (TPSA) is 64.1 Å². The number of hydrogen-bond acceptors (Lipinski definition) is 4. The summed E-state index contributed by atoms with van der Waals surface area (Å²) in [6, 6.07) is 5.16. The highest BCUT2D eigenvalue weighted by molar-refractivity contribution is 6.42. The Hall–Kier alpha value is -1.67. The van der Waals surface area contributed by atoms with Crippen molar-refractivity contribution in [2.45, 2.75) is 38.0 Å². The molecule has 2 amide bonds. The number of amides is 2. The largest absolute Gasteiger partial charge is 0.390 e. The second-order valence-electron chi connectivity index (χ2n) is 8.34. The fourth-order valence-electron chi connectivity index (χ4n) is 4.01. The first-order valence-electron chi connectivity index (χ1n) is 11.1. The fourth-order valence-corrected chi connectivity index (χ4v) is 4.32. The van der Waals surface area contributed by atoms with Crippen molar-refractivity contribution in [2.24, 2.45) is 0 Å². The summed E-state index contributed by atoms with van der Waals surface area (Å²) >= 11 is 11.9. The van der Waals surface area contributed by atoms with Gasteiger partial charge in [0.25, 0.3) is 0 Å². The van der Waals surface area contributed by atoms with Gasteiger partial charge in [-0.25, -0.2) is 4.39 Å². The number of alkyl halides is 1. The van der Waals surface area contributed by atoms with E-state index in [0.717, 1.165) is 24.9 Å². The normalized spacial score (nSPS) is 23.1. The predicted molar refractivity (Wildman–Crippen MR) is 124 cm³/mol. The van der Waals surface area contributed by atoms with Gasteiger partial charge in [-0.05, 0) is 49.6 Å². The summed E-state index contributed by atoms with van der Waals surface area (Å²) in [5.74, 6) is -0.0857. The van der Waals surface area contributed by atoms with Crippen LogP contribution in [0.4, 0.5) is 4.39 Å². The van der Waals surface area contributed by atoms with E-state index in [2.05, 4.69) is 0 Å². The number of unbranched alkanes of at least 4 members (excludes halogenated alkanes) is 1. The number of aliphatic hydroxyl groups is 1. The average molecular weight is 486 g/mol. The molecule has 176 valence electrons. The van der Waals surface area contributed by atoms with Gasteiger partial charge in [-0.2, -0.15) is 0 Å². The highest BCUT2D eigenvalue weighted by Gasteiger charge is 2.27. The monoisotopic (exact) mass is 485 g/mol. The first-order valence-corrected chi connectivity index (χ1v) is 11.8. The minimum atomic E-state index is -1.18. The lowest BCUT2D eigenvalue weighted by Gasteiger charge is -2.32. The highest BCUT2D eigenvalue weighted by Crippen LogP contribution is 2.23. The van der Waals surface area contributed by atoms with E-state index in [0.29, 0.717) is 55.6 Å². The lowest BCUT2D eigenvalue weighted by Crippen LogP contribution is -2.44. The Labute approximate surface area is 198 Å². The molecular weight excluding hydrogens is 456 g/mol. The molecule has 0 aromatic heterocycles. The maximum absolute atomic E-state index is 13.6. The summed E-state index contributed by atoms with van der Waals surface area (Å²) in [6.45, 7) is 3.77. The summed E-state index contributed by atoms with van der Waals surface area (Å²) in [5, 5.41) is 10.4. The first-order chi connectivity index (χ1) is 15.3. The number of aliphatic hydroxyl groups excluding tert-OH is 1. The van der Waals surface area contributed by atoms with Gasteiger partial charge in [-0.3, -0.25) is 9.59 Å². The van der Waals surface area contributed by atoms with Crippen LogP contribution in [-0.2, 0) is 9.59 Å². The first kappa shape index (κ1) is 25.0. The molecule has 0 saturated carbocycles. The molecule has 2 fully saturated rings. The molecule has 0 radical (unpaired) electrons. The molecule has 2 aliphatic heterocycles. The summed E-state index contributed by atoms with van der Waals surface area (Å²) in [6.07, 6.45) is 3.63. The molecule has 32 heavy (non-hydrogen) atoms. The highest BCUT2D eigenvalue weighted by atomic mass is 35.5. The van der Waals surface area contributed by atoms with E-state index in [1.807, 2.05) is 9.80 Å². The van der Waals surface area contributed by atoms with Crippen LogP contribution in [0.3, 0.4) is 0 Å². The molecular formula is C23H30Cl2FN3O3. The molecule has 2 atom stereocenters. The van der Waals surface area contributed by atoms with Crippen molar-refractivity contribution in [3.8, 4) is 0 Å². The number of carbonyl (C=O) groups is 2. The van der Waals surface area contributed by atoms with Gasteiger partial charge >= 0.3 is 0 Å². The van der Waals surface area contributed by atoms with Crippen LogP contribution in [0.5, 0.6) is 0 Å². The Morgan fingerprint density at radius 3 is 2.66 bits per heavy atom. The SMILES string of the molecule is O=C(/C=C/c1ccc(Cl)c(Cl)c1)N1CCC(=O)N(CCCCN2CCC(O)C(F)C2)CC1. The Balaban J connectivity index is 1.41. The Kier molecular flexibility index (Phi) is 9.34. The van der Waals surface area contributed by atoms with E-state index in [-0.39, 0.29) is 18.4 Å². The van der Waals surface area contributed by atoms with Crippen molar-refractivity contribution in [1.29, 1.82) is 0 Å². The van der Waals surface area contributed by atoms with Crippen LogP contribution >= 0.6 is 23.2 Å². The Morgan fingerprint density at radius 2 is 1.91 bits per heavy atom. The lowest BCUT2D eigenvalue weighted by molar-refractivity contribution is -0.130. The number of rotatable bonds is 7. The van der Waals surface area contributed by atoms with Gasteiger partial charge in [0.05, 0.1) is 16.1 Å². The summed E-state index contributed by atoms with van der Waals surface area (Å²) in [5.41, 5.74) is 0.780. The summed E-state index contributed by atoms with van der Waals surface area (Å²) in [4.78, 5) is 30.6. The Morgan fingerprint density at radius 1 is 1.12 bits per heavy atom. The third-order valence-corrected chi connectivity index (χ3v) is 6.74. The zero-order chi connectivity index (χ0) is 23.1. The van der Waals surface area contributed by atoms with Gasteiger partial charge < -0.3 is 19.8 Å². The number of benzene rings is 1. The van der Waals surface area contributed by atoms with E-state index < -0.39 is 12.3 Å². The molecule has 9 heteroatoms. The van der Waals surface area contributed by atoms with Gasteiger partial charge in [0.15, 0.2) is 0 Å². The summed E-state index contributed by atoms with van der Waals surface area (Å²) < 4.78 is 13.6. The van der Waals surface area contributed by atoms with Crippen molar-refractivity contribution < 1.29 is 19.1 Å². The second-order valence-corrected chi connectivity index (χ2v) is 9.16. The van der Waals surface area contributed by atoms with Crippen molar-refractivity contribution in [2.75, 3.05) is 45.8 Å². The molecule has 0 aliphatic carbocycles. The van der Waals surface area contributed by atoms with Gasteiger partial charge in [-0.1, -0.05) is 29.3 Å². The number of halogens is 3. The molecule has 1 N–H and O–H groups in total. The number of carbonyl (C=O) groups excluding carboxylic acids is 2. The molecule has 3 rings (SSSR count). The van der Waals surface area contributed by atoms with E-state index >= 15 is 0 Å². The van der Waals surface area contributed by atoms with Gasteiger partial charge in [0, 0.05) is 51.8 Å². The summed E-state index contributed by atoms with van der Waals surface area (Å²) in [7, 11) is 0. The third kappa shape index (κ3) is 7.17. The van der Waals surface area contributed by atoms with Crippen LogP contribution in [0.15, 0.2) is 24.3 Å². The molecule has 0 spiro atoms. The van der Waals surface area contributed by atoms with Gasteiger partial charge in [-0.15, -0.1) is 0 Å². The zero-order valence-electron chi connectivity index (χ0n) is 18.1. The molecule has 2 aliphatic rings. The minimum Gasteiger partial charge on any atom is -0.390 e. The molecule has 6 nitrogen and oxygen atoms in total. The number of piperidine rings is 1. The van der Waals surface area contributed by atoms with Crippen LogP contribution in [-0.4, -0.2) is 89.7 Å². The third-order valence-electron chi connectivity index (χ3n) is 6.01. The smallest absolute Gasteiger partial charge is 0.246 e. The predicted octanol–water partition coefficient (Wildman–Crippen LogP) is 3.25. The van der Waals surface area contributed by atoms with Crippen molar-refractivity contribution >= 4 is 41.1 Å². The number of nitrogens with zero attached hydrogens (tertiary/aromatic N) is 3. The van der Waals surface area contributed by atoms with E-state index in [1.54, 1.807) is 29.2 Å². The van der Waals surface area contributed by atoms with Crippen molar-refractivity contribution in [3.05, 3.63) is 39.9 Å². The number of likely N-dealkylation sites (tertiary alicyclic amines) is 1. The van der Waals surface area contributed by atoms with Crippen LogP contribution in [0.1, 0.15) is 31.2 Å². The molecule has 1 aromatic rings. The van der Waals surface area contributed by atoms with Gasteiger partial charge in [0.2, 0.25) is 11.8 Å². The molecule has 2 saturated heterocycles. The average Bonchev–Trinajstić information content (AvgIpc) is 2.96. The van der Waals surface area contributed by atoms with Gasteiger partial charge in [0.1, 0.15) is 6.17 Å². The van der Waals surface area contributed by atoms with Crippen LogP contribution in [0.2, 0.25) is 10.0 Å². The zero-order valence-corrected chi connectivity index (χ0v) is 19.6. The second kappa shape index (κ2) is 12.0. The quantitative estimate of drug-likeness (QED) is 0.475. The van der Waals surface area contributed by atoms with E-state index in [9.17, 15) is 19.1 Å². The van der Waals surface area contributed by atoms with Crippen molar-refractivity contribution in [1.82, 2.24) is 14.7 Å². The Bertz CT molecular complexity index is 839. The molecule has 2 unspecified atom stereocenters.